The van der Waals surface area contributed by atoms with E-state index in [1.54, 1.807) is 31.5 Å². The number of hydrogen-bond acceptors (Lipinski definition) is 8. The van der Waals surface area contributed by atoms with E-state index in [0.717, 1.165) is 5.39 Å². The summed E-state index contributed by atoms with van der Waals surface area (Å²) in [5.41, 5.74) is 3.92. The minimum absolute atomic E-state index is 0.0508. The van der Waals surface area contributed by atoms with Gasteiger partial charge in [-0.1, -0.05) is 34.8 Å². The quantitative estimate of drug-likeness (QED) is 0.290. The Bertz CT molecular complexity index is 1780. The summed E-state index contributed by atoms with van der Waals surface area (Å²) >= 11 is 19.4. The van der Waals surface area contributed by atoms with Gasteiger partial charge in [0.05, 0.1) is 39.1 Å². The number of fused-ring (bicyclic) bond motifs is 1. The lowest BCUT2D eigenvalue weighted by atomic mass is 9.74. The number of aromatic nitrogens is 4. The second kappa shape index (κ2) is 10.3. The summed E-state index contributed by atoms with van der Waals surface area (Å²) in [6.45, 7) is 5.82. The van der Waals surface area contributed by atoms with Crippen LogP contribution in [-0.2, 0) is 16.6 Å². The zero-order valence-corrected chi connectivity index (χ0v) is 25.5. The van der Waals surface area contributed by atoms with Crippen LogP contribution in [0.3, 0.4) is 0 Å². The highest BCUT2D eigenvalue weighted by Crippen LogP contribution is 2.44. The number of nitrogens with one attached hydrogen (secondary N) is 1. The maximum absolute atomic E-state index is 11.8. The Morgan fingerprint density at radius 2 is 1.83 bits per heavy atom. The Balaban J connectivity index is 1.26. The monoisotopic (exact) mass is 636 g/mol. The van der Waals surface area contributed by atoms with Gasteiger partial charge in [-0.25, -0.2) is 17.7 Å². The molecule has 0 unspecified atom stereocenters. The molecule has 0 saturated carbocycles. The van der Waals surface area contributed by atoms with Crippen molar-refractivity contribution in [3.8, 4) is 17.0 Å². The lowest BCUT2D eigenvalue weighted by Crippen LogP contribution is -2.73. The van der Waals surface area contributed by atoms with E-state index in [0.29, 0.717) is 86.4 Å². The van der Waals surface area contributed by atoms with E-state index in [1.807, 2.05) is 13.0 Å². The third kappa shape index (κ3) is 5.02. The minimum Gasteiger partial charge on any atom is -0.484 e. The van der Waals surface area contributed by atoms with Crippen LogP contribution in [0, 0.1) is 12.3 Å². The molecular weight excluding hydrogens is 611 g/mol. The smallest absolute Gasteiger partial charge is 0.211 e. The maximum atomic E-state index is 11.8. The zero-order valence-electron chi connectivity index (χ0n) is 22.4. The molecule has 10 nitrogen and oxygen atoms in total. The number of aliphatic hydroxyl groups excluding tert-OH is 1. The largest absolute Gasteiger partial charge is 0.484 e. The van der Waals surface area contributed by atoms with Crippen molar-refractivity contribution in [1.29, 1.82) is 0 Å². The Morgan fingerprint density at radius 3 is 2.51 bits per heavy atom. The fourth-order valence-corrected chi connectivity index (χ4v) is 7.49. The number of rotatable bonds is 7. The first-order valence-corrected chi connectivity index (χ1v) is 15.8. The lowest BCUT2D eigenvalue weighted by molar-refractivity contribution is 0.0392. The summed E-state index contributed by atoms with van der Waals surface area (Å²) in [7, 11) is -3.17. The van der Waals surface area contributed by atoms with Crippen molar-refractivity contribution in [1.82, 2.24) is 24.5 Å². The summed E-state index contributed by atoms with van der Waals surface area (Å²) in [5.74, 6) is 1.11. The number of sulfonamides is 1. The van der Waals surface area contributed by atoms with Crippen LogP contribution >= 0.6 is 34.8 Å². The first-order chi connectivity index (χ1) is 19.4. The van der Waals surface area contributed by atoms with Crippen LogP contribution in [0.15, 0.2) is 30.6 Å². The van der Waals surface area contributed by atoms with Gasteiger partial charge in [-0.05, 0) is 32.0 Å². The number of halogens is 3. The van der Waals surface area contributed by atoms with E-state index in [4.69, 9.17) is 39.5 Å². The van der Waals surface area contributed by atoms with Crippen molar-refractivity contribution in [3.63, 3.8) is 0 Å². The lowest BCUT2D eigenvalue weighted by Gasteiger charge is -2.59. The number of aliphatic hydroxyl groups is 1. The van der Waals surface area contributed by atoms with Crippen molar-refractivity contribution in [2.24, 2.45) is 5.41 Å². The summed E-state index contributed by atoms with van der Waals surface area (Å²) in [6, 6.07) is 5.41. The molecule has 2 aliphatic rings. The van der Waals surface area contributed by atoms with E-state index >= 15 is 0 Å². The van der Waals surface area contributed by atoms with Crippen molar-refractivity contribution in [2.45, 2.75) is 26.6 Å². The number of aryl methyl sites for hydroxylation is 1. The van der Waals surface area contributed by atoms with Gasteiger partial charge in [-0.15, -0.1) is 0 Å². The Labute approximate surface area is 252 Å². The number of H-pyrrole nitrogens is 1. The van der Waals surface area contributed by atoms with Crippen molar-refractivity contribution < 1.29 is 18.3 Å². The van der Waals surface area contributed by atoms with Crippen molar-refractivity contribution >= 4 is 61.5 Å². The number of nitrogens with zero attached hydrogens (tertiary/aromatic N) is 5. The highest BCUT2D eigenvalue weighted by Gasteiger charge is 2.54. The molecule has 2 aliphatic heterocycles. The minimum atomic E-state index is -3.17. The Kier molecular flexibility index (Phi) is 7.11. The summed E-state index contributed by atoms with van der Waals surface area (Å²) in [6.07, 6.45) is 3.98. The zero-order chi connectivity index (χ0) is 29.3. The number of benzene rings is 1. The molecule has 14 heteroatoms. The standard InChI is InChI=1S/C27H27Cl3N6O4S/c1-14-24(30)23(20(29)8-31-14)15(2)40-22-5-18-21(6-19(22)28)33-34-25(18)16-4-17(9-37)26(32-7-16)35-10-27(11-35)12-36(13-27)41(3,38)39/h4-8,15,37H,9-13H2,1-3H3,(H,33,34)/t15-/m1/s1. The molecule has 2 N–H and O–H groups in total. The van der Waals surface area contributed by atoms with Gasteiger partial charge in [0.2, 0.25) is 10.0 Å². The number of anilines is 1. The summed E-state index contributed by atoms with van der Waals surface area (Å²) in [5, 5.41) is 19.7. The van der Waals surface area contributed by atoms with Crippen LogP contribution in [0.2, 0.25) is 15.1 Å². The Hall–Kier alpha value is -2.67. The van der Waals surface area contributed by atoms with Crippen molar-refractivity contribution in [2.75, 3.05) is 37.3 Å². The van der Waals surface area contributed by atoms with Crippen LogP contribution in [0.25, 0.3) is 22.2 Å². The molecule has 2 fully saturated rings. The van der Waals surface area contributed by atoms with E-state index in [1.165, 1.54) is 10.6 Å². The molecule has 6 rings (SSSR count). The molecule has 216 valence electrons. The molecule has 0 amide bonds. The first kappa shape index (κ1) is 28.4. The van der Waals surface area contributed by atoms with Gasteiger partial charge in [-0.3, -0.25) is 10.1 Å². The van der Waals surface area contributed by atoms with Gasteiger partial charge < -0.3 is 14.7 Å². The molecule has 0 radical (unpaired) electrons. The van der Waals surface area contributed by atoms with Crippen LogP contribution < -0.4 is 9.64 Å². The number of hydrogen-bond donors (Lipinski definition) is 2. The Morgan fingerprint density at radius 1 is 1.10 bits per heavy atom. The maximum Gasteiger partial charge on any atom is 0.211 e. The van der Waals surface area contributed by atoms with Gasteiger partial charge >= 0.3 is 0 Å². The second-order valence-corrected chi connectivity index (χ2v) is 14.0. The van der Waals surface area contributed by atoms with Gasteiger partial charge in [0.15, 0.2) is 0 Å². The molecule has 0 bridgehead atoms. The number of aromatic amines is 1. The van der Waals surface area contributed by atoms with Gasteiger partial charge in [-0.2, -0.15) is 5.10 Å². The molecule has 2 saturated heterocycles. The van der Waals surface area contributed by atoms with E-state index in [2.05, 4.69) is 25.1 Å². The predicted molar refractivity (Wildman–Crippen MR) is 159 cm³/mol. The fraction of sp³-hybridized carbons (Fsp3) is 0.370. The molecule has 3 aromatic heterocycles. The van der Waals surface area contributed by atoms with Crippen LogP contribution in [0.4, 0.5) is 5.82 Å². The van der Waals surface area contributed by atoms with Gasteiger partial charge in [0.25, 0.3) is 0 Å². The predicted octanol–water partition coefficient (Wildman–Crippen LogP) is 5.00. The number of ether oxygens (including phenoxy) is 1. The van der Waals surface area contributed by atoms with Crippen LogP contribution in [0.5, 0.6) is 5.75 Å². The summed E-state index contributed by atoms with van der Waals surface area (Å²) < 4.78 is 31.2. The second-order valence-electron chi connectivity index (χ2n) is 10.8. The highest BCUT2D eigenvalue weighted by atomic mass is 35.5. The van der Waals surface area contributed by atoms with E-state index in [-0.39, 0.29) is 12.0 Å². The molecule has 1 aromatic carbocycles. The highest BCUT2D eigenvalue weighted by molar-refractivity contribution is 7.88. The molecule has 5 heterocycles. The third-order valence-corrected chi connectivity index (χ3v) is 10.0. The average Bonchev–Trinajstić information content (AvgIpc) is 3.26. The molecule has 0 aliphatic carbocycles. The number of pyridine rings is 2. The van der Waals surface area contributed by atoms with Crippen LogP contribution in [0.1, 0.15) is 29.8 Å². The summed E-state index contributed by atoms with van der Waals surface area (Å²) in [4.78, 5) is 10.9. The first-order valence-electron chi connectivity index (χ1n) is 12.8. The average molecular weight is 638 g/mol. The molecule has 4 aromatic rings. The third-order valence-electron chi connectivity index (χ3n) is 7.74. The van der Waals surface area contributed by atoms with E-state index in [9.17, 15) is 13.5 Å². The molecule has 1 spiro atoms. The topological polar surface area (TPSA) is 125 Å². The van der Waals surface area contributed by atoms with Crippen molar-refractivity contribution in [3.05, 3.63) is 62.5 Å². The normalized spacial score (nSPS) is 17.5. The molecular formula is C27H27Cl3N6O4S. The van der Waals surface area contributed by atoms with Crippen LogP contribution in [-0.4, -0.2) is 70.4 Å². The SMILES string of the molecule is Cc1ncc(Cl)c([C@@H](C)Oc2cc3c(-c4cnc(N5CC6(C5)CN(S(C)(=O)=O)C6)c(CO)c4)n[nH]c3cc2Cl)c1Cl. The van der Waals surface area contributed by atoms with Gasteiger partial charge in [0, 0.05) is 66.1 Å². The molecule has 1 atom stereocenters. The van der Waals surface area contributed by atoms with E-state index < -0.39 is 16.1 Å². The fourth-order valence-electron chi connectivity index (χ4n) is 5.61. The molecule has 41 heavy (non-hydrogen) atoms. The van der Waals surface area contributed by atoms with Gasteiger partial charge in [0.1, 0.15) is 23.4 Å².